The van der Waals surface area contributed by atoms with Crippen LogP contribution in [0.2, 0.25) is 0 Å². The van der Waals surface area contributed by atoms with Crippen LogP contribution in [0.5, 0.6) is 0 Å². The van der Waals surface area contributed by atoms with Crippen molar-refractivity contribution in [3.05, 3.63) is 12.2 Å². The molecule has 2 fully saturated rings. The van der Waals surface area contributed by atoms with E-state index in [9.17, 15) is 14.7 Å². The van der Waals surface area contributed by atoms with Crippen LogP contribution in [0.15, 0.2) is 12.2 Å². The highest BCUT2D eigenvalue weighted by atomic mass is 16.4. The van der Waals surface area contributed by atoms with Crippen LogP contribution in [-0.4, -0.2) is 48.1 Å². The Hall–Kier alpha value is -1.36. The summed E-state index contributed by atoms with van der Waals surface area (Å²) in [5, 5.41) is 12.7. The third-order valence-corrected chi connectivity index (χ3v) is 4.68. The third kappa shape index (κ3) is 2.16. The molecular formula is C14H20N2O3. The Morgan fingerprint density at radius 3 is 2.58 bits per heavy atom. The fourth-order valence-electron chi connectivity index (χ4n) is 3.77. The van der Waals surface area contributed by atoms with Gasteiger partial charge in [0.15, 0.2) is 0 Å². The zero-order valence-electron chi connectivity index (χ0n) is 10.9. The van der Waals surface area contributed by atoms with E-state index in [0.29, 0.717) is 6.54 Å². The molecule has 19 heavy (non-hydrogen) atoms. The molecule has 1 saturated carbocycles. The van der Waals surface area contributed by atoms with Gasteiger partial charge in [-0.25, -0.2) is 0 Å². The molecule has 0 aromatic rings. The summed E-state index contributed by atoms with van der Waals surface area (Å²) in [7, 11) is 0. The van der Waals surface area contributed by atoms with E-state index in [-0.39, 0.29) is 23.7 Å². The molecule has 0 spiro atoms. The van der Waals surface area contributed by atoms with Crippen molar-refractivity contribution in [1.29, 1.82) is 0 Å². The topological polar surface area (TPSA) is 69.6 Å². The molecule has 0 radical (unpaired) electrons. The summed E-state index contributed by atoms with van der Waals surface area (Å²) >= 11 is 0. The Bertz CT molecular complexity index is 413. The number of hydrogen-bond acceptors (Lipinski definition) is 3. The van der Waals surface area contributed by atoms with Gasteiger partial charge in [-0.2, -0.15) is 0 Å². The number of nitrogens with one attached hydrogen (secondary N) is 1. The summed E-state index contributed by atoms with van der Waals surface area (Å²) in [5.41, 5.74) is 0. The minimum Gasteiger partial charge on any atom is -0.481 e. The maximum atomic E-state index is 12.7. The van der Waals surface area contributed by atoms with Gasteiger partial charge in [0.05, 0.1) is 11.8 Å². The number of carboxylic acids is 1. The van der Waals surface area contributed by atoms with Gasteiger partial charge in [0.25, 0.3) is 0 Å². The first-order chi connectivity index (χ1) is 9.18. The maximum Gasteiger partial charge on any atom is 0.307 e. The van der Waals surface area contributed by atoms with Crippen molar-refractivity contribution in [2.24, 2.45) is 23.7 Å². The minimum atomic E-state index is -0.817. The van der Waals surface area contributed by atoms with Crippen molar-refractivity contribution < 1.29 is 14.7 Å². The fraction of sp³-hybridized carbons (Fsp3) is 0.714. The molecule has 0 aromatic carbocycles. The molecule has 1 amide bonds. The molecule has 2 unspecified atom stereocenters. The summed E-state index contributed by atoms with van der Waals surface area (Å²) in [5.74, 6) is -1.43. The highest BCUT2D eigenvalue weighted by Gasteiger charge is 2.52. The van der Waals surface area contributed by atoms with Crippen molar-refractivity contribution in [3.63, 3.8) is 0 Å². The Kier molecular flexibility index (Phi) is 3.31. The van der Waals surface area contributed by atoms with Crippen molar-refractivity contribution >= 4 is 11.9 Å². The van der Waals surface area contributed by atoms with Gasteiger partial charge in [-0.1, -0.05) is 12.2 Å². The van der Waals surface area contributed by atoms with E-state index in [1.165, 1.54) is 0 Å². The number of nitrogens with zero attached hydrogens (tertiary/aromatic N) is 1. The molecular weight excluding hydrogens is 244 g/mol. The zero-order valence-corrected chi connectivity index (χ0v) is 10.9. The van der Waals surface area contributed by atoms with Gasteiger partial charge in [0.2, 0.25) is 5.91 Å². The number of carbonyl (C=O) groups is 2. The summed E-state index contributed by atoms with van der Waals surface area (Å²) in [6.07, 6.45) is 5.81. The number of fused-ring (bicyclic) bond motifs is 2. The van der Waals surface area contributed by atoms with Crippen molar-refractivity contribution in [3.8, 4) is 0 Å². The molecule has 3 rings (SSSR count). The van der Waals surface area contributed by atoms with E-state index in [2.05, 4.69) is 5.32 Å². The van der Waals surface area contributed by atoms with Crippen LogP contribution in [0, 0.1) is 23.7 Å². The minimum absolute atomic E-state index is 0.0490. The van der Waals surface area contributed by atoms with Crippen LogP contribution >= 0.6 is 0 Å². The fourth-order valence-corrected chi connectivity index (χ4v) is 3.77. The monoisotopic (exact) mass is 264 g/mol. The number of carboxylic acid groups (broad SMARTS) is 1. The second-order valence-corrected chi connectivity index (χ2v) is 5.77. The van der Waals surface area contributed by atoms with Crippen molar-refractivity contribution in [2.45, 2.75) is 12.8 Å². The van der Waals surface area contributed by atoms with Gasteiger partial charge in [0, 0.05) is 19.6 Å². The molecule has 1 saturated heterocycles. The average Bonchev–Trinajstić information content (AvgIpc) is 2.89. The van der Waals surface area contributed by atoms with Gasteiger partial charge < -0.3 is 15.3 Å². The van der Waals surface area contributed by atoms with E-state index in [1.807, 2.05) is 17.1 Å². The van der Waals surface area contributed by atoms with Crippen LogP contribution in [0.1, 0.15) is 12.8 Å². The number of hydrogen-bond donors (Lipinski definition) is 2. The first kappa shape index (κ1) is 12.7. The van der Waals surface area contributed by atoms with Crippen LogP contribution in [0.4, 0.5) is 0 Å². The Morgan fingerprint density at radius 2 is 1.84 bits per heavy atom. The zero-order chi connectivity index (χ0) is 13.4. The molecule has 1 heterocycles. The van der Waals surface area contributed by atoms with Crippen molar-refractivity contribution in [2.75, 3.05) is 26.2 Å². The van der Waals surface area contributed by atoms with E-state index >= 15 is 0 Å². The first-order valence-corrected chi connectivity index (χ1v) is 7.09. The number of rotatable bonds is 2. The van der Waals surface area contributed by atoms with Gasteiger partial charge in [-0.3, -0.25) is 9.59 Å². The second-order valence-electron chi connectivity index (χ2n) is 5.77. The highest BCUT2D eigenvalue weighted by molar-refractivity contribution is 5.87. The lowest BCUT2D eigenvalue weighted by molar-refractivity contribution is -0.151. The number of carbonyl (C=O) groups excluding carboxylic acids is 1. The SMILES string of the molecule is O=C(O)[C@@H]1C2C=CC(C2)[C@@H]1C(=O)N1CCCNCC1. The van der Waals surface area contributed by atoms with E-state index in [1.54, 1.807) is 0 Å². The molecule has 2 bridgehead atoms. The summed E-state index contributed by atoms with van der Waals surface area (Å²) in [6, 6.07) is 0. The molecule has 1 aliphatic heterocycles. The average molecular weight is 264 g/mol. The molecule has 5 nitrogen and oxygen atoms in total. The van der Waals surface area contributed by atoms with Crippen LogP contribution in [-0.2, 0) is 9.59 Å². The standard InChI is InChI=1S/C14H20N2O3/c17-13(16-6-1-4-15-5-7-16)11-9-2-3-10(8-9)12(11)14(18)19/h2-3,9-12,15H,1,4-8H2,(H,18,19)/t9?,10?,11-,12+/m0/s1. The summed E-state index contributed by atoms with van der Waals surface area (Å²) < 4.78 is 0. The first-order valence-electron chi connectivity index (χ1n) is 7.09. The summed E-state index contributed by atoms with van der Waals surface area (Å²) in [4.78, 5) is 26.0. The Morgan fingerprint density at radius 1 is 1.11 bits per heavy atom. The normalized spacial score (nSPS) is 37.4. The maximum absolute atomic E-state index is 12.7. The van der Waals surface area contributed by atoms with Gasteiger partial charge in [-0.05, 0) is 31.2 Å². The molecule has 104 valence electrons. The second kappa shape index (κ2) is 4.96. The molecule has 2 aliphatic carbocycles. The lowest BCUT2D eigenvalue weighted by Gasteiger charge is -2.30. The van der Waals surface area contributed by atoms with Crippen molar-refractivity contribution in [1.82, 2.24) is 10.2 Å². The molecule has 3 aliphatic rings. The quantitative estimate of drug-likeness (QED) is 0.705. The van der Waals surface area contributed by atoms with Crippen LogP contribution in [0.25, 0.3) is 0 Å². The smallest absolute Gasteiger partial charge is 0.307 e. The van der Waals surface area contributed by atoms with Gasteiger partial charge >= 0.3 is 5.97 Å². The lowest BCUT2D eigenvalue weighted by atomic mass is 9.82. The van der Waals surface area contributed by atoms with E-state index in [4.69, 9.17) is 0 Å². The molecule has 4 atom stereocenters. The highest BCUT2D eigenvalue weighted by Crippen LogP contribution is 2.48. The molecule has 0 aromatic heterocycles. The van der Waals surface area contributed by atoms with Gasteiger partial charge in [0.1, 0.15) is 0 Å². The summed E-state index contributed by atoms with van der Waals surface area (Å²) in [6.45, 7) is 3.18. The molecule has 5 heteroatoms. The molecule has 2 N–H and O–H groups in total. The largest absolute Gasteiger partial charge is 0.481 e. The van der Waals surface area contributed by atoms with Crippen LogP contribution in [0.3, 0.4) is 0 Å². The van der Waals surface area contributed by atoms with E-state index in [0.717, 1.165) is 32.5 Å². The third-order valence-electron chi connectivity index (χ3n) is 4.68. The predicted octanol–water partition coefficient (Wildman–Crippen LogP) is 0.331. The van der Waals surface area contributed by atoms with Crippen LogP contribution < -0.4 is 5.32 Å². The Balaban J connectivity index is 1.78. The van der Waals surface area contributed by atoms with Gasteiger partial charge in [-0.15, -0.1) is 0 Å². The Labute approximate surface area is 112 Å². The lowest BCUT2D eigenvalue weighted by Crippen LogP contribution is -2.44. The van der Waals surface area contributed by atoms with E-state index < -0.39 is 11.9 Å². The number of amides is 1. The number of allylic oxidation sites excluding steroid dienone is 2. The predicted molar refractivity (Wildman–Crippen MR) is 69.4 cm³/mol. The number of aliphatic carboxylic acids is 1.